The summed E-state index contributed by atoms with van der Waals surface area (Å²) in [6, 6.07) is 10.8. The zero-order chi connectivity index (χ0) is 11.8. The van der Waals surface area contributed by atoms with Crippen LogP contribution in [-0.4, -0.2) is 4.98 Å². The monoisotopic (exact) mass is 262 g/mol. The van der Waals surface area contributed by atoms with E-state index in [1.54, 1.807) is 18.2 Å². The van der Waals surface area contributed by atoms with Gasteiger partial charge in [-0.15, -0.1) is 11.3 Å². The molecule has 1 aromatic carbocycles. The molecule has 3 nitrogen and oxygen atoms in total. The van der Waals surface area contributed by atoms with Crippen LogP contribution in [0, 0.1) is 5.21 Å². The van der Waals surface area contributed by atoms with Crippen molar-refractivity contribution in [1.29, 1.82) is 0 Å². The average Bonchev–Trinajstić information content (AvgIpc) is 2.72. The van der Waals surface area contributed by atoms with Crippen molar-refractivity contribution in [2.45, 2.75) is 0 Å². The van der Waals surface area contributed by atoms with Crippen LogP contribution in [0.2, 0.25) is 5.02 Å². The number of pyridine rings is 1. The number of hydrogen-bond acceptors (Lipinski definition) is 3. The first-order valence-corrected chi connectivity index (χ1v) is 6.18. The van der Waals surface area contributed by atoms with Gasteiger partial charge in [0.25, 0.3) is 5.69 Å². The summed E-state index contributed by atoms with van der Waals surface area (Å²) in [7, 11) is 0. The summed E-state index contributed by atoms with van der Waals surface area (Å²) in [5.41, 5.74) is 1.42. The summed E-state index contributed by atoms with van der Waals surface area (Å²) in [4.78, 5) is 4.42. The highest BCUT2D eigenvalue weighted by Crippen LogP contribution is 2.29. The van der Waals surface area contributed by atoms with E-state index < -0.39 is 0 Å². The Morgan fingerprint density at radius 3 is 2.94 bits per heavy atom. The predicted molar refractivity (Wildman–Crippen MR) is 69.0 cm³/mol. The van der Waals surface area contributed by atoms with Crippen LogP contribution in [0.4, 0.5) is 0 Å². The molecule has 0 bridgehead atoms. The van der Waals surface area contributed by atoms with E-state index in [4.69, 9.17) is 11.6 Å². The molecule has 17 heavy (non-hydrogen) atoms. The fourth-order valence-corrected chi connectivity index (χ4v) is 2.86. The Balaban J connectivity index is 2.22. The number of halogens is 1. The lowest BCUT2D eigenvalue weighted by Crippen LogP contribution is -2.27. The van der Waals surface area contributed by atoms with E-state index in [2.05, 4.69) is 4.98 Å². The molecular formula is C12H7ClN2OS. The minimum absolute atomic E-state index is 0.560. The first-order valence-electron chi connectivity index (χ1n) is 4.99. The summed E-state index contributed by atoms with van der Waals surface area (Å²) in [5, 5.41) is 13.0. The van der Waals surface area contributed by atoms with E-state index in [0.29, 0.717) is 15.7 Å². The third kappa shape index (κ3) is 1.85. The van der Waals surface area contributed by atoms with Crippen molar-refractivity contribution >= 4 is 33.2 Å². The van der Waals surface area contributed by atoms with Gasteiger partial charge in [-0.25, -0.2) is 4.98 Å². The second-order valence-corrected chi connectivity index (χ2v) is 5.01. The van der Waals surface area contributed by atoms with E-state index in [-0.39, 0.29) is 0 Å². The Bertz CT molecular complexity index is 696. The molecule has 3 aromatic rings. The minimum atomic E-state index is 0.560. The molecule has 2 aromatic heterocycles. The Morgan fingerprint density at radius 1 is 1.24 bits per heavy atom. The molecule has 0 aliphatic rings. The minimum Gasteiger partial charge on any atom is -0.618 e. The first kappa shape index (κ1) is 10.5. The molecule has 0 atom stereocenters. The lowest BCUT2D eigenvalue weighted by atomic mass is 10.3. The van der Waals surface area contributed by atoms with Gasteiger partial charge < -0.3 is 5.21 Å². The molecular weight excluding hydrogens is 256 g/mol. The first-order chi connectivity index (χ1) is 8.24. The molecule has 0 saturated heterocycles. The molecule has 0 fully saturated rings. The zero-order valence-electron chi connectivity index (χ0n) is 8.63. The number of hydrogen-bond donors (Lipinski definition) is 0. The van der Waals surface area contributed by atoms with Crippen molar-refractivity contribution in [2.75, 3.05) is 0 Å². The molecule has 0 amide bonds. The quantitative estimate of drug-likeness (QED) is 0.499. The van der Waals surface area contributed by atoms with Gasteiger partial charge in [-0.05, 0) is 24.3 Å². The van der Waals surface area contributed by atoms with Crippen LogP contribution < -0.4 is 4.73 Å². The van der Waals surface area contributed by atoms with E-state index in [1.165, 1.54) is 17.5 Å². The molecule has 0 unspecified atom stereocenters. The summed E-state index contributed by atoms with van der Waals surface area (Å²) in [6.07, 6.45) is 1.47. The van der Waals surface area contributed by atoms with E-state index in [0.717, 1.165) is 14.9 Å². The van der Waals surface area contributed by atoms with Gasteiger partial charge in [0.05, 0.1) is 10.2 Å². The van der Waals surface area contributed by atoms with Crippen LogP contribution in [0.15, 0.2) is 42.6 Å². The normalized spacial score (nSPS) is 10.9. The van der Waals surface area contributed by atoms with E-state index >= 15 is 0 Å². The number of thiazole rings is 1. The second kappa shape index (κ2) is 3.98. The molecule has 2 heterocycles. The van der Waals surface area contributed by atoms with Crippen molar-refractivity contribution in [2.24, 2.45) is 0 Å². The standard InChI is InChI=1S/C12H7ClN2OS/c13-8-4-5-9-11(7-8)17-12(14-9)10-3-1-2-6-15(10)16/h1-7H. The topological polar surface area (TPSA) is 39.8 Å². The van der Waals surface area contributed by atoms with Crippen LogP contribution in [0.5, 0.6) is 0 Å². The Hall–Kier alpha value is -1.65. The van der Waals surface area contributed by atoms with Gasteiger partial charge in [-0.3, -0.25) is 0 Å². The number of rotatable bonds is 1. The maximum absolute atomic E-state index is 11.6. The van der Waals surface area contributed by atoms with Crippen LogP contribution in [0.25, 0.3) is 20.9 Å². The number of nitrogens with zero attached hydrogens (tertiary/aromatic N) is 2. The number of fused-ring (bicyclic) bond motifs is 1. The fraction of sp³-hybridized carbons (Fsp3) is 0. The second-order valence-electron chi connectivity index (χ2n) is 3.54. The summed E-state index contributed by atoms with van der Waals surface area (Å²) >= 11 is 7.38. The maximum Gasteiger partial charge on any atom is 0.252 e. The Kier molecular flexibility index (Phi) is 2.46. The average molecular weight is 263 g/mol. The molecule has 0 aliphatic heterocycles. The summed E-state index contributed by atoms with van der Waals surface area (Å²) < 4.78 is 1.80. The van der Waals surface area contributed by atoms with Crippen molar-refractivity contribution in [3.63, 3.8) is 0 Å². The lowest BCUT2D eigenvalue weighted by molar-refractivity contribution is -0.593. The Morgan fingerprint density at radius 2 is 2.12 bits per heavy atom. The molecule has 0 spiro atoms. The number of benzene rings is 1. The van der Waals surface area contributed by atoms with E-state index in [1.807, 2.05) is 18.2 Å². The largest absolute Gasteiger partial charge is 0.618 e. The van der Waals surface area contributed by atoms with Gasteiger partial charge in [0.2, 0.25) is 0 Å². The number of aromatic nitrogens is 2. The van der Waals surface area contributed by atoms with Crippen molar-refractivity contribution in [1.82, 2.24) is 4.98 Å². The van der Waals surface area contributed by atoms with Gasteiger partial charge in [0.15, 0.2) is 11.2 Å². The fourth-order valence-electron chi connectivity index (χ4n) is 1.60. The van der Waals surface area contributed by atoms with Crippen LogP contribution in [0.3, 0.4) is 0 Å². The van der Waals surface area contributed by atoms with E-state index in [9.17, 15) is 5.21 Å². The van der Waals surface area contributed by atoms with Gasteiger partial charge >= 0.3 is 0 Å². The van der Waals surface area contributed by atoms with Crippen LogP contribution in [0.1, 0.15) is 0 Å². The van der Waals surface area contributed by atoms with Crippen molar-refractivity contribution < 1.29 is 4.73 Å². The molecule has 0 saturated carbocycles. The molecule has 3 rings (SSSR count). The van der Waals surface area contributed by atoms with Gasteiger partial charge in [-0.1, -0.05) is 11.6 Å². The lowest BCUT2D eigenvalue weighted by Gasteiger charge is -1.98. The molecule has 84 valence electrons. The highest BCUT2D eigenvalue weighted by molar-refractivity contribution is 7.21. The van der Waals surface area contributed by atoms with Gasteiger partial charge in [-0.2, -0.15) is 4.73 Å². The molecule has 5 heteroatoms. The smallest absolute Gasteiger partial charge is 0.252 e. The maximum atomic E-state index is 11.6. The SMILES string of the molecule is [O-][n+]1ccccc1-c1nc2ccc(Cl)cc2s1. The Labute approximate surface area is 107 Å². The van der Waals surface area contributed by atoms with Crippen LogP contribution in [-0.2, 0) is 0 Å². The zero-order valence-corrected chi connectivity index (χ0v) is 10.2. The molecule has 0 N–H and O–H groups in total. The van der Waals surface area contributed by atoms with Gasteiger partial charge in [0, 0.05) is 17.2 Å². The third-order valence-electron chi connectivity index (χ3n) is 2.39. The predicted octanol–water partition coefficient (Wildman–Crippen LogP) is 3.25. The summed E-state index contributed by atoms with van der Waals surface area (Å²) in [6.45, 7) is 0. The van der Waals surface area contributed by atoms with Gasteiger partial charge in [0.1, 0.15) is 0 Å². The summed E-state index contributed by atoms with van der Waals surface area (Å²) in [5.74, 6) is 0. The highest BCUT2D eigenvalue weighted by atomic mass is 35.5. The third-order valence-corrected chi connectivity index (χ3v) is 3.67. The molecule has 0 aliphatic carbocycles. The van der Waals surface area contributed by atoms with Crippen LogP contribution >= 0.6 is 22.9 Å². The van der Waals surface area contributed by atoms with Crippen molar-refractivity contribution in [3.05, 3.63) is 52.8 Å². The molecule has 0 radical (unpaired) electrons. The highest BCUT2D eigenvalue weighted by Gasteiger charge is 2.13. The van der Waals surface area contributed by atoms with Crippen molar-refractivity contribution in [3.8, 4) is 10.7 Å².